The van der Waals surface area contributed by atoms with Crippen LogP contribution in [0.5, 0.6) is 0 Å². The summed E-state index contributed by atoms with van der Waals surface area (Å²) in [6.07, 6.45) is 10.4. The number of pyridine rings is 1. The molecule has 23 heavy (non-hydrogen) atoms. The van der Waals surface area contributed by atoms with Gasteiger partial charge >= 0.3 is 6.03 Å². The van der Waals surface area contributed by atoms with E-state index >= 15 is 0 Å². The van der Waals surface area contributed by atoms with E-state index in [0.29, 0.717) is 11.5 Å². The van der Waals surface area contributed by atoms with Crippen LogP contribution in [0.25, 0.3) is 5.82 Å². The molecule has 7 nitrogen and oxygen atoms in total. The molecule has 0 fully saturated rings. The number of rotatable bonds is 8. The van der Waals surface area contributed by atoms with E-state index in [-0.39, 0.29) is 12.1 Å². The van der Waals surface area contributed by atoms with E-state index in [4.69, 9.17) is 0 Å². The van der Waals surface area contributed by atoms with Crippen molar-refractivity contribution in [3.8, 4) is 5.82 Å². The Morgan fingerprint density at radius 2 is 2.22 bits per heavy atom. The van der Waals surface area contributed by atoms with Gasteiger partial charge in [-0.25, -0.2) is 19.4 Å². The molecule has 0 aliphatic heterocycles. The van der Waals surface area contributed by atoms with Crippen molar-refractivity contribution >= 4 is 11.7 Å². The zero-order chi connectivity index (χ0) is 16.5. The third-order valence-electron chi connectivity index (χ3n) is 3.54. The Morgan fingerprint density at radius 1 is 1.35 bits per heavy atom. The molecule has 0 radical (unpaired) electrons. The maximum absolute atomic E-state index is 12.1. The van der Waals surface area contributed by atoms with Gasteiger partial charge in [0.15, 0.2) is 5.82 Å². The van der Waals surface area contributed by atoms with Crippen LogP contribution in [-0.2, 0) is 0 Å². The topological polar surface area (TPSA) is 84.7 Å². The molecular formula is C16H24N6O. The number of amides is 2. The summed E-state index contributed by atoms with van der Waals surface area (Å²) < 4.78 is 1.52. The van der Waals surface area contributed by atoms with E-state index in [0.717, 1.165) is 12.8 Å². The quantitative estimate of drug-likeness (QED) is 0.733. The number of unbranched alkanes of at least 4 members (excludes halogenated alkanes) is 3. The number of nitrogens with one attached hydrogen (secondary N) is 2. The second kappa shape index (κ2) is 8.87. The summed E-state index contributed by atoms with van der Waals surface area (Å²) in [6.45, 7) is 4.21. The second-order valence-corrected chi connectivity index (χ2v) is 5.56. The van der Waals surface area contributed by atoms with Gasteiger partial charge in [-0.05, 0) is 25.5 Å². The first-order valence-electron chi connectivity index (χ1n) is 8.08. The summed E-state index contributed by atoms with van der Waals surface area (Å²) in [4.78, 5) is 20.3. The fourth-order valence-corrected chi connectivity index (χ4v) is 2.33. The molecule has 2 amide bonds. The lowest BCUT2D eigenvalue weighted by Gasteiger charge is -2.15. The van der Waals surface area contributed by atoms with E-state index < -0.39 is 0 Å². The molecule has 2 heterocycles. The molecule has 0 aliphatic carbocycles. The van der Waals surface area contributed by atoms with Crippen LogP contribution in [0.2, 0.25) is 0 Å². The van der Waals surface area contributed by atoms with Crippen LogP contribution in [0.15, 0.2) is 31.0 Å². The fraction of sp³-hybridized carbons (Fsp3) is 0.500. The lowest BCUT2D eigenvalue weighted by Crippen LogP contribution is -2.36. The number of anilines is 1. The molecular weight excluding hydrogens is 292 g/mol. The number of hydrogen-bond donors (Lipinski definition) is 2. The SMILES string of the molecule is CCCCCCC(C)NC(=O)Nc1cccnc1-n1cncn1. The highest BCUT2D eigenvalue weighted by molar-refractivity contribution is 5.91. The zero-order valence-electron chi connectivity index (χ0n) is 13.7. The van der Waals surface area contributed by atoms with Gasteiger partial charge in [0, 0.05) is 12.2 Å². The summed E-state index contributed by atoms with van der Waals surface area (Å²) in [7, 11) is 0. The van der Waals surface area contributed by atoms with Crippen LogP contribution in [0, 0.1) is 0 Å². The van der Waals surface area contributed by atoms with Gasteiger partial charge in [0.2, 0.25) is 0 Å². The first kappa shape index (κ1) is 16.9. The van der Waals surface area contributed by atoms with E-state index in [1.807, 2.05) is 6.92 Å². The number of carbonyl (C=O) groups is 1. The van der Waals surface area contributed by atoms with Crippen LogP contribution in [0.4, 0.5) is 10.5 Å². The molecule has 0 saturated heterocycles. The predicted octanol–water partition coefficient (Wildman–Crippen LogP) is 3.14. The smallest absolute Gasteiger partial charge is 0.319 e. The molecule has 2 N–H and O–H groups in total. The molecule has 1 unspecified atom stereocenters. The van der Waals surface area contributed by atoms with Crippen molar-refractivity contribution in [3.05, 3.63) is 31.0 Å². The van der Waals surface area contributed by atoms with E-state index in [1.165, 1.54) is 30.3 Å². The Bertz CT molecular complexity index is 598. The number of urea groups is 1. The minimum Gasteiger partial charge on any atom is -0.335 e. The lowest BCUT2D eigenvalue weighted by molar-refractivity contribution is 0.248. The van der Waals surface area contributed by atoms with Crippen molar-refractivity contribution in [2.45, 2.75) is 52.0 Å². The first-order chi connectivity index (χ1) is 11.2. The summed E-state index contributed by atoms with van der Waals surface area (Å²) in [5.41, 5.74) is 0.591. The first-order valence-corrected chi connectivity index (χ1v) is 8.08. The lowest BCUT2D eigenvalue weighted by atomic mass is 10.1. The third kappa shape index (κ3) is 5.36. The fourth-order valence-electron chi connectivity index (χ4n) is 2.33. The van der Waals surface area contributed by atoms with Crippen LogP contribution >= 0.6 is 0 Å². The maximum Gasteiger partial charge on any atom is 0.319 e. The van der Waals surface area contributed by atoms with Gasteiger partial charge in [0.25, 0.3) is 0 Å². The van der Waals surface area contributed by atoms with Crippen molar-refractivity contribution < 1.29 is 4.79 Å². The minimum absolute atomic E-state index is 0.137. The Hall–Kier alpha value is -2.44. The Morgan fingerprint density at radius 3 is 2.96 bits per heavy atom. The monoisotopic (exact) mass is 316 g/mol. The molecule has 0 aromatic carbocycles. The number of hydrogen-bond acceptors (Lipinski definition) is 4. The van der Waals surface area contributed by atoms with Crippen LogP contribution in [-0.4, -0.2) is 31.8 Å². The number of aromatic nitrogens is 4. The molecule has 0 aliphatic rings. The summed E-state index contributed by atoms with van der Waals surface area (Å²) in [5, 5.41) is 9.83. The van der Waals surface area contributed by atoms with Gasteiger partial charge in [-0.2, -0.15) is 5.10 Å². The van der Waals surface area contributed by atoms with E-state index in [2.05, 4.69) is 32.6 Å². The molecule has 2 rings (SSSR count). The van der Waals surface area contributed by atoms with Gasteiger partial charge in [-0.1, -0.05) is 32.6 Å². The molecule has 2 aromatic rings. The molecule has 0 bridgehead atoms. The molecule has 0 saturated carbocycles. The zero-order valence-corrected chi connectivity index (χ0v) is 13.7. The average molecular weight is 316 g/mol. The van der Waals surface area contributed by atoms with Gasteiger partial charge in [0.05, 0.1) is 5.69 Å². The Labute approximate surface area is 136 Å². The molecule has 124 valence electrons. The third-order valence-corrected chi connectivity index (χ3v) is 3.54. The average Bonchev–Trinajstić information content (AvgIpc) is 3.06. The second-order valence-electron chi connectivity index (χ2n) is 5.56. The van der Waals surface area contributed by atoms with Gasteiger partial charge < -0.3 is 10.6 Å². The van der Waals surface area contributed by atoms with Crippen molar-refractivity contribution in [2.75, 3.05) is 5.32 Å². The largest absolute Gasteiger partial charge is 0.335 e. The maximum atomic E-state index is 12.1. The van der Waals surface area contributed by atoms with Gasteiger partial charge in [0.1, 0.15) is 12.7 Å². The predicted molar refractivity (Wildman–Crippen MR) is 89.5 cm³/mol. The number of nitrogens with zero attached hydrogens (tertiary/aromatic N) is 4. The Kier molecular flexibility index (Phi) is 6.53. The highest BCUT2D eigenvalue weighted by atomic mass is 16.2. The van der Waals surface area contributed by atoms with Crippen molar-refractivity contribution in [3.63, 3.8) is 0 Å². The highest BCUT2D eigenvalue weighted by Gasteiger charge is 2.11. The van der Waals surface area contributed by atoms with E-state index in [1.54, 1.807) is 24.7 Å². The summed E-state index contributed by atoms with van der Waals surface area (Å²) >= 11 is 0. The van der Waals surface area contributed by atoms with Crippen LogP contribution in [0.3, 0.4) is 0 Å². The normalized spacial score (nSPS) is 11.9. The van der Waals surface area contributed by atoms with E-state index in [9.17, 15) is 4.79 Å². The minimum atomic E-state index is -0.234. The standard InChI is InChI=1S/C16H24N6O/c1-3-4-5-6-8-13(2)20-16(23)21-14-9-7-10-18-15(14)22-12-17-11-19-22/h7,9-13H,3-6,8H2,1-2H3,(H2,20,21,23). The molecule has 7 heteroatoms. The van der Waals surface area contributed by atoms with Crippen molar-refractivity contribution in [2.24, 2.45) is 0 Å². The Balaban J connectivity index is 1.88. The van der Waals surface area contributed by atoms with Gasteiger partial charge in [-0.15, -0.1) is 0 Å². The summed E-state index contributed by atoms with van der Waals surface area (Å²) in [5.74, 6) is 0.538. The molecule has 2 aromatic heterocycles. The van der Waals surface area contributed by atoms with Crippen molar-refractivity contribution in [1.82, 2.24) is 25.1 Å². The highest BCUT2D eigenvalue weighted by Crippen LogP contribution is 2.15. The van der Waals surface area contributed by atoms with Crippen molar-refractivity contribution in [1.29, 1.82) is 0 Å². The van der Waals surface area contributed by atoms with Crippen LogP contribution in [0.1, 0.15) is 46.0 Å². The summed E-state index contributed by atoms with van der Waals surface area (Å²) in [6, 6.07) is 3.46. The van der Waals surface area contributed by atoms with Gasteiger partial charge in [-0.3, -0.25) is 0 Å². The molecule has 1 atom stereocenters. The van der Waals surface area contributed by atoms with Crippen LogP contribution < -0.4 is 10.6 Å². The molecule has 0 spiro atoms. The number of carbonyl (C=O) groups excluding carboxylic acids is 1.